The van der Waals surface area contributed by atoms with E-state index in [4.69, 9.17) is 5.11 Å². The fourth-order valence-electron chi connectivity index (χ4n) is 2.58. The molecule has 1 amide bonds. The van der Waals surface area contributed by atoms with E-state index in [-0.39, 0.29) is 23.3 Å². The number of rotatable bonds is 3. The number of H-pyrrole nitrogens is 1. The van der Waals surface area contributed by atoms with Gasteiger partial charge in [0.25, 0.3) is 5.91 Å². The lowest BCUT2D eigenvalue weighted by Gasteiger charge is -2.23. The predicted molar refractivity (Wildman–Crippen MR) is 72.9 cm³/mol. The van der Waals surface area contributed by atoms with Crippen molar-refractivity contribution in [2.75, 3.05) is 6.54 Å². The molecule has 1 aliphatic heterocycles. The first-order valence-electron chi connectivity index (χ1n) is 6.28. The van der Waals surface area contributed by atoms with Gasteiger partial charge in [-0.25, -0.2) is 9.78 Å². The van der Waals surface area contributed by atoms with Gasteiger partial charge in [-0.15, -0.1) is 0 Å². The third kappa shape index (κ3) is 2.09. The number of imidazole rings is 1. The molecular formula is C13H13N3O3S. The lowest BCUT2D eigenvalue weighted by Crippen LogP contribution is -2.31. The molecule has 1 saturated heterocycles. The van der Waals surface area contributed by atoms with Gasteiger partial charge in [0.1, 0.15) is 0 Å². The quantitative estimate of drug-likeness (QED) is 0.907. The average Bonchev–Trinajstić information content (AvgIpc) is 3.17. The summed E-state index contributed by atoms with van der Waals surface area (Å²) in [6.07, 6.45) is 3.06. The highest BCUT2D eigenvalue weighted by molar-refractivity contribution is 7.07. The first-order valence-corrected chi connectivity index (χ1v) is 7.22. The smallest absolute Gasteiger partial charge is 0.354 e. The van der Waals surface area contributed by atoms with E-state index >= 15 is 0 Å². The molecule has 3 heterocycles. The molecule has 1 aliphatic rings. The summed E-state index contributed by atoms with van der Waals surface area (Å²) < 4.78 is 0. The second-order valence-corrected chi connectivity index (χ2v) is 5.42. The topological polar surface area (TPSA) is 86.3 Å². The van der Waals surface area contributed by atoms with Crippen molar-refractivity contribution in [3.8, 4) is 0 Å². The van der Waals surface area contributed by atoms with Crippen LogP contribution in [0.5, 0.6) is 0 Å². The summed E-state index contributed by atoms with van der Waals surface area (Å²) in [4.78, 5) is 31.7. The van der Waals surface area contributed by atoms with E-state index in [0.717, 1.165) is 18.4 Å². The van der Waals surface area contributed by atoms with E-state index in [1.54, 1.807) is 16.2 Å². The zero-order chi connectivity index (χ0) is 14.1. The van der Waals surface area contributed by atoms with Crippen LogP contribution in [0.2, 0.25) is 0 Å². The van der Waals surface area contributed by atoms with Gasteiger partial charge in [-0.1, -0.05) is 0 Å². The first-order chi connectivity index (χ1) is 9.68. The monoisotopic (exact) mass is 291 g/mol. The Morgan fingerprint density at radius 3 is 3.05 bits per heavy atom. The predicted octanol–water partition coefficient (Wildman–Crippen LogP) is 2.15. The van der Waals surface area contributed by atoms with E-state index in [9.17, 15) is 9.59 Å². The number of nitrogens with one attached hydrogen (secondary N) is 1. The molecule has 2 aromatic rings. The molecule has 104 valence electrons. The number of carboxylic acids is 1. The fourth-order valence-corrected chi connectivity index (χ4v) is 3.28. The molecule has 0 saturated carbocycles. The summed E-state index contributed by atoms with van der Waals surface area (Å²) in [5.74, 6) is -1.49. The Morgan fingerprint density at radius 2 is 2.35 bits per heavy atom. The molecule has 0 aliphatic carbocycles. The number of hydrogen-bond acceptors (Lipinski definition) is 4. The normalized spacial score (nSPS) is 18.4. The standard InChI is InChI=1S/C13H13N3O3S/c17-12(10-11(13(18)19)15-7-14-10)16-4-1-2-9(16)8-3-5-20-6-8/h3,5-7,9H,1-2,4H2,(H,14,15)(H,18,19). The molecule has 20 heavy (non-hydrogen) atoms. The van der Waals surface area contributed by atoms with Crippen molar-refractivity contribution >= 4 is 23.2 Å². The molecule has 6 nitrogen and oxygen atoms in total. The molecule has 2 N–H and O–H groups in total. The number of aromatic carboxylic acids is 1. The number of amides is 1. The maximum Gasteiger partial charge on any atom is 0.354 e. The van der Waals surface area contributed by atoms with Crippen molar-refractivity contribution in [2.24, 2.45) is 0 Å². The van der Waals surface area contributed by atoms with Crippen LogP contribution in [0.3, 0.4) is 0 Å². The van der Waals surface area contributed by atoms with Crippen LogP contribution in [0.1, 0.15) is 45.4 Å². The summed E-state index contributed by atoms with van der Waals surface area (Å²) in [7, 11) is 0. The van der Waals surface area contributed by atoms with E-state index in [1.165, 1.54) is 6.33 Å². The van der Waals surface area contributed by atoms with Crippen LogP contribution in [-0.2, 0) is 0 Å². The van der Waals surface area contributed by atoms with Crippen LogP contribution in [0.25, 0.3) is 0 Å². The van der Waals surface area contributed by atoms with Gasteiger partial charge in [-0.2, -0.15) is 11.3 Å². The average molecular weight is 291 g/mol. The lowest BCUT2D eigenvalue weighted by atomic mass is 10.1. The zero-order valence-electron chi connectivity index (χ0n) is 10.6. The number of carboxylic acid groups (broad SMARTS) is 1. The Balaban J connectivity index is 1.90. The van der Waals surface area contributed by atoms with E-state index in [0.29, 0.717) is 6.54 Å². The molecule has 0 bridgehead atoms. The van der Waals surface area contributed by atoms with Gasteiger partial charge in [0.15, 0.2) is 11.4 Å². The van der Waals surface area contributed by atoms with Crippen LogP contribution in [0, 0.1) is 0 Å². The molecule has 0 aromatic carbocycles. The number of thiophene rings is 1. The third-order valence-corrected chi connectivity index (χ3v) is 4.20. The Kier molecular flexibility index (Phi) is 3.27. The van der Waals surface area contributed by atoms with Gasteiger partial charge in [0.2, 0.25) is 0 Å². The highest BCUT2D eigenvalue weighted by atomic mass is 32.1. The van der Waals surface area contributed by atoms with Crippen molar-refractivity contribution in [3.05, 3.63) is 40.1 Å². The van der Waals surface area contributed by atoms with E-state index in [1.807, 2.05) is 16.8 Å². The highest BCUT2D eigenvalue weighted by Gasteiger charge is 2.33. The van der Waals surface area contributed by atoms with Gasteiger partial charge in [0.05, 0.1) is 12.4 Å². The molecular weight excluding hydrogens is 278 g/mol. The van der Waals surface area contributed by atoms with Gasteiger partial charge in [-0.05, 0) is 35.2 Å². The summed E-state index contributed by atoms with van der Waals surface area (Å²) in [5.41, 5.74) is 0.943. The maximum absolute atomic E-state index is 12.5. The van der Waals surface area contributed by atoms with Crippen molar-refractivity contribution in [3.63, 3.8) is 0 Å². The van der Waals surface area contributed by atoms with Crippen molar-refractivity contribution in [1.82, 2.24) is 14.9 Å². The summed E-state index contributed by atoms with van der Waals surface area (Å²) >= 11 is 1.59. The van der Waals surface area contributed by atoms with Crippen LogP contribution >= 0.6 is 11.3 Å². The number of likely N-dealkylation sites (tertiary alicyclic amines) is 1. The summed E-state index contributed by atoms with van der Waals surface area (Å²) in [5, 5.41) is 13.1. The second kappa shape index (κ2) is 5.09. The van der Waals surface area contributed by atoms with Crippen LogP contribution in [0.15, 0.2) is 23.2 Å². The van der Waals surface area contributed by atoms with E-state index < -0.39 is 5.97 Å². The Labute approximate surface area is 119 Å². The number of aromatic amines is 1. The molecule has 0 spiro atoms. The van der Waals surface area contributed by atoms with Crippen LogP contribution in [-0.4, -0.2) is 38.4 Å². The Bertz CT molecular complexity index is 635. The van der Waals surface area contributed by atoms with Crippen LogP contribution < -0.4 is 0 Å². The SMILES string of the molecule is O=C(O)c1[nH]cnc1C(=O)N1CCCC1c1ccsc1. The second-order valence-electron chi connectivity index (χ2n) is 4.64. The molecule has 3 rings (SSSR count). The molecule has 1 fully saturated rings. The van der Waals surface area contributed by atoms with Gasteiger partial charge in [-0.3, -0.25) is 4.79 Å². The highest BCUT2D eigenvalue weighted by Crippen LogP contribution is 2.34. The number of carbonyl (C=O) groups excluding carboxylic acids is 1. The van der Waals surface area contributed by atoms with Gasteiger partial charge in [0, 0.05) is 6.54 Å². The van der Waals surface area contributed by atoms with E-state index in [2.05, 4.69) is 9.97 Å². The van der Waals surface area contributed by atoms with Crippen molar-refractivity contribution in [2.45, 2.75) is 18.9 Å². The molecule has 1 atom stereocenters. The lowest BCUT2D eigenvalue weighted by molar-refractivity contribution is 0.0663. The van der Waals surface area contributed by atoms with Gasteiger partial charge >= 0.3 is 5.97 Å². The zero-order valence-corrected chi connectivity index (χ0v) is 11.4. The number of aromatic nitrogens is 2. The minimum absolute atomic E-state index is 0.0142. The third-order valence-electron chi connectivity index (χ3n) is 3.50. The minimum Gasteiger partial charge on any atom is -0.477 e. The fraction of sp³-hybridized carbons (Fsp3) is 0.308. The summed E-state index contributed by atoms with van der Waals surface area (Å²) in [6, 6.07) is 2.02. The molecule has 0 radical (unpaired) electrons. The minimum atomic E-state index is -1.17. The number of hydrogen-bond donors (Lipinski definition) is 2. The Hall–Kier alpha value is -2.15. The maximum atomic E-state index is 12.5. The largest absolute Gasteiger partial charge is 0.477 e. The van der Waals surface area contributed by atoms with Crippen molar-refractivity contribution < 1.29 is 14.7 Å². The summed E-state index contributed by atoms with van der Waals surface area (Å²) in [6.45, 7) is 0.630. The Morgan fingerprint density at radius 1 is 1.50 bits per heavy atom. The van der Waals surface area contributed by atoms with Gasteiger partial charge < -0.3 is 15.0 Å². The number of nitrogens with zero attached hydrogens (tertiary/aromatic N) is 2. The van der Waals surface area contributed by atoms with Crippen molar-refractivity contribution in [1.29, 1.82) is 0 Å². The first kappa shape index (κ1) is 12.9. The van der Waals surface area contributed by atoms with Crippen LogP contribution in [0.4, 0.5) is 0 Å². The molecule has 7 heteroatoms. The number of carbonyl (C=O) groups is 2. The molecule has 2 aromatic heterocycles. The molecule has 1 unspecified atom stereocenters.